The molecule has 1 aromatic heterocycles. The van der Waals surface area contributed by atoms with Crippen molar-refractivity contribution in [3.8, 4) is 11.5 Å². The summed E-state index contributed by atoms with van der Waals surface area (Å²) in [4.78, 5) is 6.66. The van der Waals surface area contributed by atoms with Crippen LogP contribution in [0.1, 0.15) is 29.9 Å². The first-order valence-corrected chi connectivity index (χ1v) is 11.3. The number of anilines is 1. The predicted octanol–water partition coefficient (Wildman–Crippen LogP) is 6.59. The van der Waals surface area contributed by atoms with Crippen molar-refractivity contribution in [3.05, 3.63) is 96.1 Å². The fourth-order valence-electron chi connectivity index (χ4n) is 4.51. The maximum Gasteiger partial charge on any atom is 0.192 e. The third kappa shape index (κ3) is 3.76. The zero-order valence-corrected chi connectivity index (χ0v) is 18.5. The number of hydrogen-bond acceptors (Lipinski definition) is 5. The van der Waals surface area contributed by atoms with Crippen molar-refractivity contribution in [3.63, 3.8) is 0 Å². The molecule has 3 aromatic carbocycles. The molecule has 2 aliphatic rings. The molecule has 0 N–H and O–H groups in total. The van der Waals surface area contributed by atoms with Crippen LogP contribution in [-0.4, -0.2) is 18.2 Å². The zero-order chi connectivity index (χ0) is 22.2. The second-order valence-corrected chi connectivity index (χ2v) is 8.29. The molecule has 0 spiro atoms. The molecule has 164 valence electrons. The molecule has 0 saturated carbocycles. The molecule has 0 bridgehead atoms. The van der Waals surface area contributed by atoms with Crippen molar-refractivity contribution in [2.45, 2.75) is 19.8 Å². The summed E-state index contributed by atoms with van der Waals surface area (Å²) in [5, 5.41) is 0. The van der Waals surface area contributed by atoms with Crippen LogP contribution >= 0.6 is 0 Å². The Bertz CT molecular complexity index is 1330. The van der Waals surface area contributed by atoms with E-state index in [1.165, 1.54) is 11.1 Å². The molecule has 0 atom stereocenters. The number of ether oxygens (including phenoxy) is 2. The summed E-state index contributed by atoms with van der Waals surface area (Å²) in [5.41, 5.74) is 7.42. The number of aromatic nitrogens is 1. The van der Waals surface area contributed by atoms with Crippen LogP contribution in [0.4, 0.5) is 5.69 Å². The van der Waals surface area contributed by atoms with E-state index < -0.39 is 0 Å². The molecular formula is C28H24N2O3. The molecule has 33 heavy (non-hydrogen) atoms. The lowest BCUT2D eigenvalue weighted by Gasteiger charge is -2.26. The Hall–Kier alpha value is -3.99. The molecule has 2 aliphatic heterocycles. The third-order valence-electron chi connectivity index (χ3n) is 6.09. The third-order valence-corrected chi connectivity index (χ3v) is 6.09. The van der Waals surface area contributed by atoms with Gasteiger partial charge in [0.1, 0.15) is 17.0 Å². The van der Waals surface area contributed by atoms with Gasteiger partial charge in [0.2, 0.25) is 0 Å². The topological polar surface area (TPSA) is 47.7 Å². The fraction of sp³-hybridized carbons (Fsp3) is 0.179. The summed E-state index contributed by atoms with van der Waals surface area (Å²) >= 11 is 0. The molecule has 0 saturated heterocycles. The van der Waals surface area contributed by atoms with Crippen molar-refractivity contribution in [1.82, 2.24) is 4.98 Å². The second-order valence-electron chi connectivity index (χ2n) is 8.29. The van der Waals surface area contributed by atoms with Gasteiger partial charge in [-0.15, -0.1) is 0 Å². The van der Waals surface area contributed by atoms with Crippen LogP contribution in [0.15, 0.2) is 83.5 Å². The van der Waals surface area contributed by atoms with Crippen LogP contribution in [0.3, 0.4) is 0 Å². The first kappa shape index (κ1) is 19.7. The van der Waals surface area contributed by atoms with Gasteiger partial charge < -0.3 is 18.8 Å². The van der Waals surface area contributed by atoms with Gasteiger partial charge in [-0.25, -0.2) is 4.98 Å². The Balaban J connectivity index is 1.49. The van der Waals surface area contributed by atoms with E-state index in [0.29, 0.717) is 19.1 Å². The maximum atomic E-state index is 5.88. The maximum absolute atomic E-state index is 5.88. The second kappa shape index (κ2) is 8.17. The van der Waals surface area contributed by atoms with Crippen LogP contribution in [0.2, 0.25) is 0 Å². The number of oxazole rings is 1. The standard InChI is InChI=1S/C28H24N2O3/c1-19-29-25-11-10-22(16-28(25)33-19)30(17-20-12-14-31-26-8-4-2-6-23(20)26)18-21-13-15-32-27-9-5-3-7-24(21)27/h2-11,16-18H,12-15H2,1H3. The molecule has 0 fully saturated rings. The van der Waals surface area contributed by atoms with Gasteiger partial charge in [0.05, 0.1) is 13.2 Å². The molecule has 5 heteroatoms. The van der Waals surface area contributed by atoms with Crippen LogP contribution in [-0.2, 0) is 0 Å². The summed E-state index contributed by atoms with van der Waals surface area (Å²) in [6.45, 7) is 3.22. The number of nitrogens with zero attached hydrogens (tertiary/aromatic N) is 2. The highest BCUT2D eigenvalue weighted by Gasteiger charge is 2.19. The lowest BCUT2D eigenvalue weighted by atomic mass is 9.99. The minimum Gasteiger partial charge on any atom is -0.493 e. The molecule has 0 amide bonds. The Kier molecular flexibility index (Phi) is 4.87. The Morgan fingerprint density at radius 1 is 0.788 bits per heavy atom. The van der Waals surface area contributed by atoms with E-state index in [1.807, 2.05) is 37.3 Å². The average Bonchev–Trinajstić information content (AvgIpc) is 3.23. The quantitative estimate of drug-likeness (QED) is 0.363. The van der Waals surface area contributed by atoms with Gasteiger partial charge in [-0.3, -0.25) is 0 Å². The minimum absolute atomic E-state index is 0.669. The van der Waals surface area contributed by atoms with E-state index in [1.54, 1.807) is 0 Å². The lowest BCUT2D eigenvalue weighted by molar-refractivity contribution is 0.316. The van der Waals surface area contributed by atoms with E-state index in [0.717, 1.165) is 52.3 Å². The normalized spacial score (nSPS) is 17.4. The van der Waals surface area contributed by atoms with Gasteiger partial charge in [0, 0.05) is 55.0 Å². The van der Waals surface area contributed by atoms with Crippen LogP contribution in [0.25, 0.3) is 22.2 Å². The summed E-state index contributed by atoms with van der Waals surface area (Å²) in [7, 11) is 0. The number of aryl methyl sites for hydroxylation is 1. The van der Waals surface area contributed by atoms with E-state index in [-0.39, 0.29) is 0 Å². The highest BCUT2D eigenvalue weighted by atomic mass is 16.5. The Labute approximate surface area is 192 Å². The number of rotatable bonds is 3. The first-order chi connectivity index (χ1) is 16.2. The highest BCUT2D eigenvalue weighted by molar-refractivity contribution is 5.82. The van der Waals surface area contributed by atoms with E-state index in [9.17, 15) is 0 Å². The van der Waals surface area contributed by atoms with Gasteiger partial charge in [-0.2, -0.15) is 0 Å². The largest absolute Gasteiger partial charge is 0.493 e. The smallest absolute Gasteiger partial charge is 0.192 e. The van der Waals surface area contributed by atoms with E-state index in [2.05, 4.69) is 58.7 Å². The molecule has 3 heterocycles. The van der Waals surface area contributed by atoms with Crippen molar-refractivity contribution in [2.24, 2.45) is 0 Å². The molecular weight excluding hydrogens is 412 g/mol. The predicted molar refractivity (Wildman–Crippen MR) is 130 cm³/mol. The molecule has 0 radical (unpaired) electrons. The van der Waals surface area contributed by atoms with Crippen LogP contribution < -0.4 is 14.4 Å². The van der Waals surface area contributed by atoms with E-state index in [4.69, 9.17) is 13.9 Å². The van der Waals surface area contributed by atoms with Gasteiger partial charge in [-0.1, -0.05) is 36.4 Å². The molecule has 0 aliphatic carbocycles. The summed E-state index contributed by atoms with van der Waals surface area (Å²) < 4.78 is 17.6. The van der Waals surface area contributed by atoms with Crippen molar-refractivity contribution in [1.29, 1.82) is 0 Å². The molecule has 0 unspecified atom stereocenters. The van der Waals surface area contributed by atoms with E-state index >= 15 is 0 Å². The summed E-state index contributed by atoms with van der Waals surface area (Å²) in [6, 6.07) is 22.6. The van der Waals surface area contributed by atoms with Gasteiger partial charge >= 0.3 is 0 Å². The summed E-state index contributed by atoms with van der Waals surface area (Å²) in [5.74, 6) is 2.53. The molecule has 5 nitrogen and oxygen atoms in total. The SMILES string of the molecule is Cc1nc2ccc(N(C=C3CCOc4ccccc43)C=C3CCOc4ccccc43)cc2o1. The number of para-hydroxylation sites is 2. The first-order valence-electron chi connectivity index (χ1n) is 11.3. The number of fused-ring (bicyclic) bond motifs is 3. The fourth-order valence-corrected chi connectivity index (χ4v) is 4.51. The van der Waals surface area contributed by atoms with Crippen molar-refractivity contribution in [2.75, 3.05) is 18.1 Å². The highest BCUT2D eigenvalue weighted by Crippen LogP contribution is 2.37. The lowest BCUT2D eigenvalue weighted by Crippen LogP contribution is -2.15. The monoisotopic (exact) mass is 436 g/mol. The molecule has 6 rings (SSSR count). The number of benzene rings is 3. The van der Waals surface area contributed by atoms with Crippen molar-refractivity contribution >= 4 is 27.9 Å². The van der Waals surface area contributed by atoms with Gasteiger partial charge in [-0.05, 0) is 35.4 Å². The number of hydrogen-bond donors (Lipinski definition) is 0. The van der Waals surface area contributed by atoms with Crippen LogP contribution in [0, 0.1) is 6.92 Å². The van der Waals surface area contributed by atoms with Gasteiger partial charge in [0.15, 0.2) is 11.5 Å². The summed E-state index contributed by atoms with van der Waals surface area (Å²) in [6.07, 6.45) is 6.13. The zero-order valence-electron chi connectivity index (χ0n) is 18.5. The van der Waals surface area contributed by atoms with Crippen molar-refractivity contribution < 1.29 is 13.9 Å². The molecule has 4 aromatic rings. The Morgan fingerprint density at radius 3 is 2.03 bits per heavy atom. The minimum atomic E-state index is 0.669. The van der Waals surface area contributed by atoms with Gasteiger partial charge in [0.25, 0.3) is 0 Å². The average molecular weight is 437 g/mol. The van der Waals surface area contributed by atoms with Crippen LogP contribution in [0.5, 0.6) is 11.5 Å². The Morgan fingerprint density at radius 2 is 1.39 bits per heavy atom.